The van der Waals surface area contributed by atoms with Crippen molar-refractivity contribution in [3.05, 3.63) is 18.3 Å². The molecule has 0 fully saturated rings. The van der Waals surface area contributed by atoms with E-state index in [1.165, 1.54) is 0 Å². The molecule has 0 spiro atoms. The van der Waals surface area contributed by atoms with Crippen LogP contribution in [0.5, 0.6) is 5.75 Å². The van der Waals surface area contributed by atoms with Gasteiger partial charge in [0.2, 0.25) is 0 Å². The van der Waals surface area contributed by atoms with Gasteiger partial charge in [-0.15, -0.1) is 0 Å². The van der Waals surface area contributed by atoms with Crippen molar-refractivity contribution in [2.24, 2.45) is 0 Å². The van der Waals surface area contributed by atoms with Gasteiger partial charge in [-0.2, -0.15) is 0 Å². The van der Waals surface area contributed by atoms with E-state index >= 15 is 0 Å². The molecule has 2 nitrogen and oxygen atoms in total. The van der Waals surface area contributed by atoms with Crippen LogP contribution in [0, 0.1) is 0 Å². The molecule has 0 bridgehead atoms. The zero-order valence-electron chi connectivity index (χ0n) is 7.13. The first-order valence-corrected chi connectivity index (χ1v) is 7.16. The van der Waals surface area contributed by atoms with Crippen LogP contribution in [0.4, 0.5) is 0 Å². The zero-order valence-corrected chi connectivity index (χ0v) is 8.13. The van der Waals surface area contributed by atoms with E-state index in [1.54, 1.807) is 18.3 Å². The minimum Gasteiger partial charge on any atom is -0.506 e. The summed E-state index contributed by atoms with van der Waals surface area (Å²) >= 11 is 0. The van der Waals surface area contributed by atoms with Crippen molar-refractivity contribution in [1.29, 1.82) is 0 Å². The van der Waals surface area contributed by atoms with Crippen molar-refractivity contribution in [3.63, 3.8) is 0 Å². The van der Waals surface area contributed by atoms with Crippen molar-refractivity contribution in [3.8, 4) is 5.75 Å². The molecule has 0 saturated heterocycles. The lowest BCUT2D eigenvalue weighted by molar-refractivity contribution is 0.477. The number of aromatic hydroxyl groups is 1. The molecule has 0 aliphatic heterocycles. The summed E-state index contributed by atoms with van der Waals surface area (Å²) in [5.41, 5.74) is 0. The minimum atomic E-state index is -1.44. The number of hydrogen-bond acceptors (Lipinski definition) is 2. The highest BCUT2D eigenvalue weighted by atomic mass is 28.3. The van der Waals surface area contributed by atoms with E-state index in [-0.39, 0.29) is 0 Å². The largest absolute Gasteiger partial charge is 0.506 e. The van der Waals surface area contributed by atoms with Gasteiger partial charge in [0.1, 0.15) is 13.8 Å². The van der Waals surface area contributed by atoms with Crippen molar-refractivity contribution in [2.45, 2.75) is 19.6 Å². The van der Waals surface area contributed by atoms with E-state index in [0.717, 1.165) is 5.32 Å². The zero-order chi connectivity index (χ0) is 8.48. The number of pyridine rings is 1. The molecule has 60 valence electrons. The molecule has 1 aromatic heterocycles. The van der Waals surface area contributed by atoms with Crippen LogP contribution in [0.3, 0.4) is 0 Å². The average molecular weight is 167 g/mol. The Kier molecular flexibility index (Phi) is 2.00. The third-order valence-corrected chi connectivity index (χ3v) is 3.30. The molecule has 0 aromatic carbocycles. The van der Waals surface area contributed by atoms with Crippen LogP contribution in [0.1, 0.15) is 0 Å². The van der Waals surface area contributed by atoms with Gasteiger partial charge in [-0.3, -0.25) is 4.98 Å². The number of rotatable bonds is 1. The molecule has 1 rings (SSSR count). The quantitative estimate of drug-likeness (QED) is 0.640. The van der Waals surface area contributed by atoms with Crippen LogP contribution >= 0.6 is 0 Å². The molecular formula is C8H13NOSi. The number of aromatic nitrogens is 1. The first-order chi connectivity index (χ1) is 5.02. The molecule has 0 amide bonds. The Bertz CT molecular complexity index is 255. The molecular weight excluding hydrogens is 154 g/mol. The SMILES string of the molecule is C[Si](C)(C)c1ncccc1O. The summed E-state index contributed by atoms with van der Waals surface area (Å²) in [7, 11) is -1.44. The Balaban J connectivity index is 3.14. The van der Waals surface area contributed by atoms with Crippen molar-refractivity contribution >= 4 is 13.4 Å². The van der Waals surface area contributed by atoms with E-state index in [4.69, 9.17) is 0 Å². The molecule has 1 heterocycles. The lowest BCUT2D eigenvalue weighted by atomic mass is 10.5. The monoisotopic (exact) mass is 167 g/mol. The molecule has 0 aliphatic rings. The van der Waals surface area contributed by atoms with Gasteiger partial charge in [0.05, 0.1) is 5.32 Å². The van der Waals surface area contributed by atoms with Crippen LogP contribution in [0.25, 0.3) is 0 Å². The normalized spacial score (nSPS) is 11.5. The van der Waals surface area contributed by atoms with Crippen molar-refractivity contribution in [2.75, 3.05) is 0 Å². The molecule has 0 radical (unpaired) electrons. The van der Waals surface area contributed by atoms with E-state index in [1.807, 2.05) is 0 Å². The van der Waals surface area contributed by atoms with Gasteiger partial charge < -0.3 is 5.11 Å². The van der Waals surface area contributed by atoms with Crippen LogP contribution in [-0.2, 0) is 0 Å². The maximum atomic E-state index is 9.42. The number of hydrogen-bond donors (Lipinski definition) is 1. The summed E-state index contributed by atoms with van der Waals surface area (Å²) in [6.45, 7) is 6.49. The smallest absolute Gasteiger partial charge is 0.132 e. The van der Waals surface area contributed by atoms with Crippen LogP contribution in [0.15, 0.2) is 18.3 Å². The summed E-state index contributed by atoms with van der Waals surface area (Å²) in [6.07, 6.45) is 1.73. The topological polar surface area (TPSA) is 33.1 Å². The van der Waals surface area contributed by atoms with E-state index < -0.39 is 8.07 Å². The third kappa shape index (κ3) is 1.80. The Morgan fingerprint density at radius 2 is 2.00 bits per heavy atom. The van der Waals surface area contributed by atoms with Gasteiger partial charge in [0.25, 0.3) is 0 Å². The van der Waals surface area contributed by atoms with Gasteiger partial charge in [0, 0.05) is 6.20 Å². The molecule has 0 atom stereocenters. The first kappa shape index (κ1) is 8.27. The highest BCUT2D eigenvalue weighted by Crippen LogP contribution is 2.09. The van der Waals surface area contributed by atoms with Gasteiger partial charge in [-0.1, -0.05) is 19.6 Å². The summed E-state index contributed by atoms with van der Waals surface area (Å²) in [4.78, 5) is 4.16. The van der Waals surface area contributed by atoms with Gasteiger partial charge in [-0.25, -0.2) is 0 Å². The third-order valence-electron chi connectivity index (χ3n) is 1.50. The molecule has 11 heavy (non-hydrogen) atoms. The summed E-state index contributed by atoms with van der Waals surface area (Å²) in [5, 5.41) is 10.3. The fourth-order valence-electron chi connectivity index (χ4n) is 0.975. The Hall–Kier alpha value is -0.833. The van der Waals surface area contributed by atoms with Crippen LogP contribution in [0.2, 0.25) is 19.6 Å². The molecule has 0 saturated carbocycles. The van der Waals surface area contributed by atoms with E-state index in [0.29, 0.717) is 5.75 Å². The second-order valence-electron chi connectivity index (χ2n) is 3.62. The molecule has 3 heteroatoms. The highest BCUT2D eigenvalue weighted by Gasteiger charge is 2.21. The molecule has 1 aromatic rings. The summed E-state index contributed by atoms with van der Waals surface area (Å²) < 4.78 is 0. The predicted octanol–water partition coefficient (Wildman–Crippen LogP) is 1.33. The maximum Gasteiger partial charge on any atom is 0.132 e. The van der Waals surface area contributed by atoms with Gasteiger partial charge in [-0.05, 0) is 12.1 Å². The summed E-state index contributed by atoms with van der Waals surface area (Å²) in [5.74, 6) is 0.340. The van der Waals surface area contributed by atoms with Crippen molar-refractivity contribution < 1.29 is 5.11 Å². The molecule has 0 aliphatic carbocycles. The van der Waals surface area contributed by atoms with E-state index in [2.05, 4.69) is 24.6 Å². The lowest BCUT2D eigenvalue weighted by Gasteiger charge is -2.15. The second-order valence-corrected chi connectivity index (χ2v) is 8.59. The predicted molar refractivity (Wildman–Crippen MR) is 48.9 cm³/mol. The highest BCUT2D eigenvalue weighted by molar-refractivity contribution is 6.88. The van der Waals surface area contributed by atoms with Crippen LogP contribution in [-0.4, -0.2) is 18.2 Å². The van der Waals surface area contributed by atoms with Gasteiger partial charge in [0.15, 0.2) is 0 Å². The fourth-order valence-corrected chi connectivity index (χ4v) is 2.29. The molecule has 0 unspecified atom stereocenters. The Labute approximate surface area is 67.9 Å². The second kappa shape index (κ2) is 2.66. The minimum absolute atomic E-state index is 0.340. The first-order valence-electron chi connectivity index (χ1n) is 3.66. The fraction of sp³-hybridized carbons (Fsp3) is 0.375. The maximum absolute atomic E-state index is 9.42. The lowest BCUT2D eigenvalue weighted by Crippen LogP contribution is -2.39. The Morgan fingerprint density at radius 1 is 1.36 bits per heavy atom. The molecule has 1 N–H and O–H groups in total. The van der Waals surface area contributed by atoms with Gasteiger partial charge >= 0.3 is 0 Å². The Morgan fingerprint density at radius 3 is 2.36 bits per heavy atom. The number of nitrogens with zero attached hydrogens (tertiary/aromatic N) is 1. The standard InChI is InChI=1S/C8H13NOSi/c1-11(2,3)8-7(10)5-4-6-9-8/h4-6,10H,1-3H3. The summed E-state index contributed by atoms with van der Waals surface area (Å²) in [6, 6.07) is 3.44. The van der Waals surface area contributed by atoms with Crippen LogP contribution < -0.4 is 5.32 Å². The van der Waals surface area contributed by atoms with E-state index in [9.17, 15) is 5.11 Å². The van der Waals surface area contributed by atoms with Crippen molar-refractivity contribution in [1.82, 2.24) is 4.98 Å². The average Bonchev–Trinajstić information content (AvgIpc) is 1.86.